The molecule has 0 radical (unpaired) electrons. The highest BCUT2D eigenvalue weighted by molar-refractivity contribution is 5.64. The summed E-state index contributed by atoms with van der Waals surface area (Å²) in [6.07, 6.45) is 0. The van der Waals surface area contributed by atoms with Gasteiger partial charge in [-0.25, -0.2) is 0 Å². The van der Waals surface area contributed by atoms with E-state index in [0.29, 0.717) is 0 Å². The zero-order chi connectivity index (χ0) is 12.1. The molecule has 0 saturated heterocycles. The summed E-state index contributed by atoms with van der Waals surface area (Å²) in [6.45, 7) is 1.93. The van der Waals surface area contributed by atoms with E-state index in [2.05, 4.69) is 23.9 Å². The Labute approximate surface area is 97.6 Å². The lowest BCUT2D eigenvalue weighted by molar-refractivity contribution is 0.406. The summed E-state index contributed by atoms with van der Waals surface area (Å²) in [7, 11) is 7.84. The topological polar surface area (TPSA) is 41.7 Å². The number of hydrogen-bond donors (Lipinski definition) is 1. The van der Waals surface area contributed by atoms with Crippen LogP contribution in [0.4, 0.5) is 11.4 Å². The highest BCUT2D eigenvalue weighted by Gasteiger charge is 2.08. The van der Waals surface area contributed by atoms with Crippen LogP contribution in [-0.4, -0.2) is 46.2 Å². The summed E-state index contributed by atoms with van der Waals surface area (Å²) < 4.78 is 5.32. The number of anilines is 2. The van der Waals surface area contributed by atoms with E-state index in [1.165, 1.54) is 0 Å². The van der Waals surface area contributed by atoms with Crippen molar-refractivity contribution in [3.63, 3.8) is 0 Å². The van der Waals surface area contributed by atoms with E-state index in [4.69, 9.17) is 10.5 Å². The van der Waals surface area contributed by atoms with Crippen molar-refractivity contribution in [3.05, 3.63) is 18.2 Å². The van der Waals surface area contributed by atoms with Gasteiger partial charge in [-0.2, -0.15) is 0 Å². The van der Waals surface area contributed by atoms with E-state index in [1.54, 1.807) is 7.11 Å². The van der Waals surface area contributed by atoms with Gasteiger partial charge in [0.05, 0.1) is 12.8 Å². The first-order valence-electron chi connectivity index (χ1n) is 5.34. The lowest BCUT2D eigenvalue weighted by Gasteiger charge is -2.23. The highest BCUT2D eigenvalue weighted by Crippen LogP contribution is 2.29. The molecule has 1 rings (SSSR count). The number of benzene rings is 1. The van der Waals surface area contributed by atoms with Crippen molar-refractivity contribution in [3.8, 4) is 5.75 Å². The molecule has 0 amide bonds. The molecule has 0 aromatic heterocycles. The molecule has 0 spiro atoms. The van der Waals surface area contributed by atoms with Gasteiger partial charge in [-0.05, 0) is 32.3 Å². The quantitative estimate of drug-likeness (QED) is 0.763. The van der Waals surface area contributed by atoms with Crippen LogP contribution >= 0.6 is 0 Å². The molecule has 1 aromatic rings. The predicted octanol–water partition coefficient (Wildman–Crippen LogP) is 1.28. The van der Waals surface area contributed by atoms with Gasteiger partial charge in [0.25, 0.3) is 0 Å². The van der Waals surface area contributed by atoms with E-state index >= 15 is 0 Å². The SMILES string of the molecule is COc1ccc(N)cc1N(C)CCN(C)C. The lowest BCUT2D eigenvalue weighted by atomic mass is 10.2. The Morgan fingerprint density at radius 1 is 1.19 bits per heavy atom. The fourth-order valence-electron chi connectivity index (χ4n) is 1.48. The first-order chi connectivity index (χ1) is 7.54. The second-order valence-electron chi connectivity index (χ2n) is 4.16. The molecule has 0 atom stereocenters. The number of nitrogens with zero attached hydrogens (tertiary/aromatic N) is 2. The van der Waals surface area contributed by atoms with E-state index in [1.807, 2.05) is 25.2 Å². The summed E-state index contributed by atoms with van der Waals surface area (Å²) in [5.74, 6) is 0.857. The van der Waals surface area contributed by atoms with Crippen molar-refractivity contribution >= 4 is 11.4 Å². The average molecular weight is 223 g/mol. The lowest BCUT2D eigenvalue weighted by Crippen LogP contribution is -2.28. The van der Waals surface area contributed by atoms with E-state index in [0.717, 1.165) is 30.2 Å². The molecule has 16 heavy (non-hydrogen) atoms. The van der Waals surface area contributed by atoms with Crippen LogP contribution in [0, 0.1) is 0 Å². The van der Waals surface area contributed by atoms with Crippen LogP contribution in [0.2, 0.25) is 0 Å². The predicted molar refractivity (Wildman–Crippen MR) is 69.2 cm³/mol. The van der Waals surface area contributed by atoms with Gasteiger partial charge in [0, 0.05) is 25.8 Å². The molecular formula is C12H21N3O. The van der Waals surface area contributed by atoms with Crippen molar-refractivity contribution in [2.45, 2.75) is 0 Å². The summed E-state index contributed by atoms with van der Waals surface area (Å²) in [5.41, 5.74) is 7.57. The van der Waals surface area contributed by atoms with Crippen molar-refractivity contribution in [2.75, 3.05) is 52.0 Å². The molecule has 0 fully saturated rings. The Morgan fingerprint density at radius 2 is 1.88 bits per heavy atom. The summed E-state index contributed by atoms with van der Waals surface area (Å²) in [6, 6.07) is 5.69. The Bertz CT molecular complexity index is 339. The zero-order valence-electron chi connectivity index (χ0n) is 10.5. The molecule has 0 aliphatic rings. The Balaban J connectivity index is 2.80. The van der Waals surface area contributed by atoms with Gasteiger partial charge in [-0.15, -0.1) is 0 Å². The number of rotatable bonds is 5. The molecule has 0 aliphatic carbocycles. The molecule has 4 nitrogen and oxygen atoms in total. The number of nitrogens with two attached hydrogens (primary N) is 1. The van der Waals surface area contributed by atoms with E-state index < -0.39 is 0 Å². The van der Waals surface area contributed by atoms with Crippen molar-refractivity contribution in [1.82, 2.24) is 4.90 Å². The minimum atomic E-state index is 0.757. The minimum Gasteiger partial charge on any atom is -0.495 e. The molecule has 0 aliphatic heterocycles. The largest absolute Gasteiger partial charge is 0.495 e. The maximum Gasteiger partial charge on any atom is 0.142 e. The first-order valence-corrected chi connectivity index (χ1v) is 5.34. The molecule has 4 heteroatoms. The van der Waals surface area contributed by atoms with Crippen LogP contribution in [-0.2, 0) is 0 Å². The zero-order valence-corrected chi connectivity index (χ0v) is 10.5. The van der Waals surface area contributed by atoms with Crippen LogP contribution in [0.1, 0.15) is 0 Å². The monoisotopic (exact) mass is 223 g/mol. The normalized spacial score (nSPS) is 10.6. The third kappa shape index (κ3) is 3.31. The van der Waals surface area contributed by atoms with Crippen molar-refractivity contribution in [2.24, 2.45) is 0 Å². The number of nitrogen functional groups attached to an aromatic ring is 1. The fourth-order valence-corrected chi connectivity index (χ4v) is 1.48. The Morgan fingerprint density at radius 3 is 2.44 bits per heavy atom. The third-order valence-corrected chi connectivity index (χ3v) is 2.50. The van der Waals surface area contributed by atoms with Crippen LogP contribution in [0.25, 0.3) is 0 Å². The molecule has 0 unspecified atom stereocenters. The standard InChI is InChI=1S/C12H21N3O/c1-14(2)7-8-15(3)11-9-10(13)5-6-12(11)16-4/h5-6,9H,7-8,13H2,1-4H3. The van der Waals surface area contributed by atoms with Crippen LogP contribution in [0.3, 0.4) is 0 Å². The third-order valence-electron chi connectivity index (χ3n) is 2.50. The molecule has 0 bridgehead atoms. The molecule has 1 aromatic carbocycles. The second-order valence-corrected chi connectivity index (χ2v) is 4.16. The van der Waals surface area contributed by atoms with E-state index in [9.17, 15) is 0 Å². The maximum atomic E-state index is 5.78. The second kappa shape index (κ2) is 5.61. The van der Waals surface area contributed by atoms with Gasteiger partial charge in [-0.1, -0.05) is 0 Å². The average Bonchev–Trinajstić information content (AvgIpc) is 2.25. The Kier molecular flexibility index (Phi) is 4.43. The molecule has 0 heterocycles. The summed E-state index contributed by atoms with van der Waals surface area (Å²) in [5, 5.41) is 0. The number of ether oxygens (including phenoxy) is 1. The molecular weight excluding hydrogens is 202 g/mol. The van der Waals surface area contributed by atoms with Gasteiger partial charge in [0.1, 0.15) is 5.75 Å². The molecule has 0 saturated carbocycles. The number of methoxy groups -OCH3 is 1. The fraction of sp³-hybridized carbons (Fsp3) is 0.500. The number of likely N-dealkylation sites (N-methyl/N-ethyl adjacent to an activating group) is 2. The summed E-state index contributed by atoms with van der Waals surface area (Å²) in [4.78, 5) is 4.30. The molecule has 2 N–H and O–H groups in total. The van der Waals surface area contributed by atoms with E-state index in [-0.39, 0.29) is 0 Å². The summed E-state index contributed by atoms with van der Waals surface area (Å²) >= 11 is 0. The van der Waals surface area contributed by atoms with Crippen molar-refractivity contribution in [1.29, 1.82) is 0 Å². The van der Waals surface area contributed by atoms with Crippen LogP contribution < -0.4 is 15.4 Å². The van der Waals surface area contributed by atoms with Gasteiger partial charge in [-0.3, -0.25) is 0 Å². The minimum absolute atomic E-state index is 0.757. The first kappa shape index (κ1) is 12.6. The maximum absolute atomic E-state index is 5.78. The van der Waals surface area contributed by atoms with Gasteiger partial charge >= 0.3 is 0 Å². The van der Waals surface area contributed by atoms with Crippen molar-refractivity contribution < 1.29 is 4.74 Å². The van der Waals surface area contributed by atoms with Gasteiger partial charge in [0.15, 0.2) is 0 Å². The van der Waals surface area contributed by atoms with Gasteiger partial charge < -0.3 is 20.3 Å². The number of hydrogen-bond acceptors (Lipinski definition) is 4. The van der Waals surface area contributed by atoms with Crippen LogP contribution in [0.5, 0.6) is 5.75 Å². The molecule has 90 valence electrons. The van der Waals surface area contributed by atoms with Gasteiger partial charge in [0.2, 0.25) is 0 Å². The highest BCUT2D eigenvalue weighted by atomic mass is 16.5. The van der Waals surface area contributed by atoms with Crippen LogP contribution in [0.15, 0.2) is 18.2 Å². The smallest absolute Gasteiger partial charge is 0.142 e. The Hall–Kier alpha value is -1.42.